The first kappa shape index (κ1) is 15.3. The maximum absolute atomic E-state index is 13.8. The zero-order valence-corrected chi connectivity index (χ0v) is 13.0. The second kappa shape index (κ2) is 5.98. The first-order chi connectivity index (χ1) is 11.6. The van der Waals surface area contributed by atoms with Crippen molar-refractivity contribution >= 4 is 5.91 Å². The number of amides is 1. The molecule has 1 aromatic heterocycles. The number of aromatic nitrogens is 1. The smallest absolute Gasteiger partial charge is 0.307 e. The van der Waals surface area contributed by atoms with Crippen LogP contribution in [-0.4, -0.2) is 41.5 Å². The summed E-state index contributed by atoms with van der Waals surface area (Å²) < 4.78 is 32.1. The number of oxazole rings is 1. The largest absolute Gasteiger partial charge is 0.432 e. The number of nitrogens with zero attached hydrogens (tertiary/aromatic N) is 2. The summed E-state index contributed by atoms with van der Waals surface area (Å²) in [6, 6.07) is 3.26. The topological polar surface area (TPSA) is 58.4 Å². The number of nitrogens with one attached hydrogen (secondary N) is 1. The van der Waals surface area contributed by atoms with Gasteiger partial charge in [0.25, 0.3) is 5.89 Å². The van der Waals surface area contributed by atoms with E-state index in [2.05, 4.69) is 15.2 Å². The summed E-state index contributed by atoms with van der Waals surface area (Å²) in [5.74, 6) is -1.34. The summed E-state index contributed by atoms with van der Waals surface area (Å²) in [5.41, 5.74) is 0.0748. The predicted molar refractivity (Wildman–Crippen MR) is 82.3 cm³/mol. The van der Waals surface area contributed by atoms with Crippen molar-refractivity contribution in [2.24, 2.45) is 5.92 Å². The van der Waals surface area contributed by atoms with Crippen molar-refractivity contribution in [2.75, 3.05) is 19.6 Å². The number of carbonyl (C=O) groups excluding carboxylic acids is 1. The van der Waals surface area contributed by atoms with Crippen LogP contribution in [0.5, 0.6) is 0 Å². The Kier molecular flexibility index (Phi) is 3.80. The van der Waals surface area contributed by atoms with Gasteiger partial charge in [-0.2, -0.15) is 0 Å². The van der Waals surface area contributed by atoms with Crippen LogP contribution in [0, 0.1) is 17.6 Å². The fourth-order valence-electron chi connectivity index (χ4n) is 3.55. The molecule has 0 radical (unpaired) electrons. The van der Waals surface area contributed by atoms with Crippen molar-refractivity contribution in [3.63, 3.8) is 0 Å². The average molecular weight is 333 g/mol. The zero-order valence-electron chi connectivity index (χ0n) is 13.0. The monoisotopic (exact) mass is 333 g/mol. The molecular weight excluding hydrogens is 316 g/mol. The van der Waals surface area contributed by atoms with Gasteiger partial charge in [0.15, 0.2) is 5.76 Å². The van der Waals surface area contributed by atoms with Crippen LogP contribution >= 0.6 is 0 Å². The molecule has 1 aromatic carbocycles. The van der Waals surface area contributed by atoms with E-state index in [1.54, 1.807) is 0 Å². The second-order valence-corrected chi connectivity index (χ2v) is 6.37. The van der Waals surface area contributed by atoms with Crippen molar-refractivity contribution in [1.82, 2.24) is 15.2 Å². The number of fused-ring (bicyclic) bond motifs is 3. The Hall–Kier alpha value is -2.28. The number of piperidine rings is 3. The van der Waals surface area contributed by atoms with Crippen LogP contribution in [0.25, 0.3) is 11.3 Å². The van der Waals surface area contributed by atoms with Gasteiger partial charge in [0.05, 0.1) is 11.8 Å². The van der Waals surface area contributed by atoms with Crippen LogP contribution in [0.15, 0.2) is 28.8 Å². The molecule has 2 bridgehead atoms. The first-order valence-corrected chi connectivity index (χ1v) is 8.04. The van der Waals surface area contributed by atoms with E-state index >= 15 is 0 Å². The molecule has 24 heavy (non-hydrogen) atoms. The fourth-order valence-corrected chi connectivity index (χ4v) is 3.55. The predicted octanol–water partition coefficient (Wildman–Crippen LogP) is 2.44. The minimum Gasteiger partial charge on any atom is -0.432 e. The summed E-state index contributed by atoms with van der Waals surface area (Å²) in [6.45, 7) is 3.02. The van der Waals surface area contributed by atoms with Crippen LogP contribution in [0.3, 0.4) is 0 Å². The summed E-state index contributed by atoms with van der Waals surface area (Å²) in [6.07, 6.45) is 3.45. The molecular formula is C17H17F2N3O2. The number of carbonyl (C=O) groups is 1. The van der Waals surface area contributed by atoms with Crippen LogP contribution in [-0.2, 0) is 0 Å². The van der Waals surface area contributed by atoms with Gasteiger partial charge < -0.3 is 14.6 Å². The normalized spacial score (nSPS) is 25.7. The molecule has 4 heterocycles. The van der Waals surface area contributed by atoms with E-state index in [0.717, 1.165) is 44.6 Å². The van der Waals surface area contributed by atoms with Crippen LogP contribution in [0.4, 0.5) is 8.78 Å². The van der Waals surface area contributed by atoms with E-state index in [-0.39, 0.29) is 23.3 Å². The van der Waals surface area contributed by atoms with Crippen LogP contribution in [0.1, 0.15) is 23.5 Å². The van der Waals surface area contributed by atoms with E-state index in [0.29, 0.717) is 5.92 Å². The highest BCUT2D eigenvalue weighted by molar-refractivity contribution is 5.90. The van der Waals surface area contributed by atoms with Gasteiger partial charge in [0.1, 0.15) is 11.6 Å². The van der Waals surface area contributed by atoms with Gasteiger partial charge in [-0.1, -0.05) is 0 Å². The lowest BCUT2D eigenvalue weighted by Gasteiger charge is -2.44. The number of hydrogen-bond acceptors (Lipinski definition) is 4. The molecule has 2 aromatic rings. The van der Waals surface area contributed by atoms with E-state index in [4.69, 9.17) is 4.42 Å². The van der Waals surface area contributed by atoms with E-state index in [9.17, 15) is 13.6 Å². The first-order valence-electron chi connectivity index (χ1n) is 8.04. The highest BCUT2D eigenvalue weighted by Crippen LogP contribution is 2.28. The zero-order chi connectivity index (χ0) is 16.7. The molecule has 1 atom stereocenters. The van der Waals surface area contributed by atoms with E-state index in [1.807, 2.05) is 0 Å². The molecule has 5 nitrogen and oxygen atoms in total. The van der Waals surface area contributed by atoms with Gasteiger partial charge >= 0.3 is 5.91 Å². The van der Waals surface area contributed by atoms with E-state index in [1.165, 1.54) is 12.3 Å². The minimum atomic E-state index is -0.754. The lowest BCUT2D eigenvalue weighted by Crippen LogP contribution is -2.57. The second-order valence-electron chi connectivity index (χ2n) is 6.37. The molecule has 5 rings (SSSR count). The van der Waals surface area contributed by atoms with E-state index < -0.39 is 17.5 Å². The molecule has 3 aliphatic heterocycles. The summed E-state index contributed by atoms with van der Waals surface area (Å²) in [7, 11) is 0. The minimum absolute atomic E-state index is 0.0748. The Labute approximate surface area is 137 Å². The molecule has 3 aliphatic rings. The lowest BCUT2D eigenvalue weighted by molar-refractivity contribution is 0.0602. The standard InChI is InChI=1S/C17H17F2N3O2/c18-11-1-2-12(13(19)7-11)15-8-20-17(24-15)16(23)21-14-9-22-5-3-10(14)4-6-22/h1-2,7-8,10,14H,3-6,9H2,(H,21,23). The van der Waals surface area contributed by atoms with Crippen molar-refractivity contribution in [2.45, 2.75) is 18.9 Å². The van der Waals surface area contributed by atoms with Crippen LogP contribution < -0.4 is 5.32 Å². The Bertz CT molecular complexity index is 769. The summed E-state index contributed by atoms with van der Waals surface area (Å²) in [5, 5.41) is 2.96. The third-order valence-corrected chi connectivity index (χ3v) is 4.87. The van der Waals surface area contributed by atoms with Gasteiger partial charge in [-0.05, 0) is 44.0 Å². The fraction of sp³-hybridized carbons (Fsp3) is 0.412. The number of hydrogen-bond donors (Lipinski definition) is 1. The van der Waals surface area contributed by atoms with Crippen molar-refractivity contribution in [1.29, 1.82) is 0 Å². The summed E-state index contributed by atoms with van der Waals surface area (Å²) >= 11 is 0. The van der Waals surface area contributed by atoms with Crippen molar-refractivity contribution < 1.29 is 18.0 Å². The molecule has 1 N–H and O–H groups in total. The van der Waals surface area contributed by atoms with Gasteiger partial charge in [-0.25, -0.2) is 13.8 Å². The van der Waals surface area contributed by atoms with Crippen molar-refractivity contribution in [3.05, 3.63) is 41.9 Å². The van der Waals surface area contributed by atoms with Crippen molar-refractivity contribution in [3.8, 4) is 11.3 Å². The molecule has 3 fully saturated rings. The van der Waals surface area contributed by atoms with Gasteiger partial charge in [0, 0.05) is 18.7 Å². The van der Waals surface area contributed by atoms with Crippen LogP contribution in [0.2, 0.25) is 0 Å². The Morgan fingerprint density at radius 2 is 2.08 bits per heavy atom. The highest BCUT2D eigenvalue weighted by Gasteiger charge is 2.35. The Morgan fingerprint density at radius 3 is 2.75 bits per heavy atom. The highest BCUT2D eigenvalue weighted by atomic mass is 19.1. The lowest BCUT2D eigenvalue weighted by atomic mass is 9.84. The van der Waals surface area contributed by atoms with Gasteiger partial charge in [0.2, 0.25) is 0 Å². The third-order valence-electron chi connectivity index (χ3n) is 4.87. The number of halogens is 2. The molecule has 3 saturated heterocycles. The molecule has 126 valence electrons. The SMILES string of the molecule is O=C(NC1CN2CCC1CC2)c1ncc(-c2ccc(F)cc2F)o1. The number of benzene rings is 1. The molecule has 7 heteroatoms. The van der Waals surface area contributed by atoms with Gasteiger partial charge in [-0.3, -0.25) is 4.79 Å². The Morgan fingerprint density at radius 1 is 1.29 bits per heavy atom. The molecule has 0 spiro atoms. The van der Waals surface area contributed by atoms with Gasteiger partial charge in [-0.15, -0.1) is 0 Å². The third kappa shape index (κ3) is 2.80. The summed E-state index contributed by atoms with van der Waals surface area (Å²) in [4.78, 5) is 18.6. The maximum Gasteiger partial charge on any atom is 0.307 e. The Balaban J connectivity index is 1.49. The molecule has 0 saturated carbocycles. The average Bonchev–Trinajstić information content (AvgIpc) is 3.06. The number of rotatable bonds is 3. The molecule has 1 amide bonds. The molecule has 0 aliphatic carbocycles. The quantitative estimate of drug-likeness (QED) is 0.937. The molecule has 1 unspecified atom stereocenters. The maximum atomic E-state index is 13.8.